The Morgan fingerprint density at radius 2 is 1.76 bits per heavy atom. The summed E-state index contributed by atoms with van der Waals surface area (Å²) in [6.07, 6.45) is 1.72. The highest BCUT2D eigenvalue weighted by atomic mass is 16.5. The highest BCUT2D eigenvalue weighted by molar-refractivity contribution is 5.95. The van der Waals surface area contributed by atoms with Gasteiger partial charge >= 0.3 is 0 Å². The van der Waals surface area contributed by atoms with Gasteiger partial charge < -0.3 is 14.6 Å². The van der Waals surface area contributed by atoms with Crippen LogP contribution in [0.15, 0.2) is 65.6 Å². The molecule has 9 heteroatoms. The number of carbonyl (C=O) groups is 1. The first kappa shape index (κ1) is 20.9. The van der Waals surface area contributed by atoms with Crippen LogP contribution in [0, 0.1) is 0 Å². The van der Waals surface area contributed by atoms with E-state index in [9.17, 15) is 9.59 Å². The van der Waals surface area contributed by atoms with Crippen LogP contribution in [0.2, 0.25) is 0 Å². The van der Waals surface area contributed by atoms with Gasteiger partial charge in [0.25, 0.3) is 11.5 Å². The Balaban J connectivity index is 1.26. The highest BCUT2D eigenvalue weighted by Gasteiger charge is 2.27. The number of benzene rings is 2. The summed E-state index contributed by atoms with van der Waals surface area (Å²) in [6, 6.07) is 16.9. The number of ether oxygens (including phenoxy) is 1. The van der Waals surface area contributed by atoms with Crippen molar-refractivity contribution < 1.29 is 9.53 Å². The maximum absolute atomic E-state index is 13.2. The van der Waals surface area contributed by atoms with Gasteiger partial charge in [-0.1, -0.05) is 30.3 Å². The molecule has 0 bridgehead atoms. The van der Waals surface area contributed by atoms with E-state index in [1.54, 1.807) is 29.0 Å². The van der Waals surface area contributed by atoms with Crippen molar-refractivity contribution in [2.24, 2.45) is 0 Å². The number of carbonyl (C=O) groups excluding carboxylic acids is 1. The predicted octanol–water partition coefficient (Wildman–Crippen LogP) is 2.08. The van der Waals surface area contributed by atoms with Crippen molar-refractivity contribution in [3.8, 4) is 11.4 Å². The largest absolute Gasteiger partial charge is 0.493 e. The minimum atomic E-state index is -0.154. The number of fused-ring (bicyclic) bond motifs is 1. The minimum Gasteiger partial charge on any atom is -0.493 e. The summed E-state index contributed by atoms with van der Waals surface area (Å²) in [5, 5.41) is 5.07. The average molecular weight is 444 g/mol. The SMILES string of the molecule is COc1cn(-c2ccccc2)nc1C(=O)N1CCN(Cc2nc3ccccc3c(=O)[nH]2)CC1. The zero-order chi connectivity index (χ0) is 22.8. The fourth-order valence-corrected chi connectivity index (χ4v) is 4.05. The van der Waals surface area contributed by atoms with Crippen molar-refractivity contribution in [3.05, 3.63) is 82.7 Å². The second-order valence-electron chi connectivity index (χ2n) is 7.92. The number of methoxy groups -OCH3 is 1. The molecule has 4 aromatic rings. The van der Waals surface area contributed by atoms with E-state index in [0.717, 1.165) is 5.69 Å². The zero-order valence-electron chi connectivity index (χ0n) is 18.3. The van der Waals surface area contributed by atoms with Crippen molar-refractivity contribution in [2.45, 2.75) is 6.54 Å². The van der Waals surface area contributed by atoms with E-state index in [0.29, 0.717) is 60.9 Å². The molecule has 1 aliphatic heterocycles. The van der Waals surface area contributed by atoms with Gasteiger partial charge in [0.15, 0.2) is 11.4 Å². The number of amides is 1. The van der Waals surface area contributed by atoms with Crippen LogP contribution in [0.1, 0.15) is 16.3 Å². The van der Waals surface area contributed by atoms with Crippen LogP contribution in [0.5, 0.6) is 5.75 Å². The number of H-pyrrole nitrogens is 1. The molecule has 2 aromatic carbocycles. The quantitative estimate of drug-likeness (QED) is 0.506. The molecule has 0 saturated carbocycles. The number of piperazine rings is 1. The van der Waals surface area contributed by atoms with Crippen molar-refractivity contribution in [1.29, 1.82) is 0 Å². The Kier molecular flexibility index (Phi) is 5.62. The zero-order valence-corrected chi connectivity index (χ0v) is 18.3. The monoisotopic (exact) mass is 444 g/mol. The Morgan fingerprint density at radius 1 is 1.03 bits per heavy atom. The summed E-state index contributed by atoms with van der Waals surface area (Å²) >= 11 is 0. The molecule has 1 aliphatic rings. The van der Waals surface area contributed by atoms with Gasteiger partial charge in [-0.3, -0.25) is 14.5 Å². The molecule has 0 spiro atoms. The first-order valence-electron chi connectivity index (χ1n) is 10.8. The Hall–Kier alpha value is -3.98. The molecule has 0 atom stereocenters. The number of aromatic amines is 1. The van der Waals surface area contributed by atoms with Crippen LogP contribution in [0.25, 0.3) is 16.6 Å². The molecule has 33 heavy (non-hydrogen) atoms. The van der Waals surface area contributed by atoms with Gasteiger partial charge in [0.2, 0.25) is 0 Å². The highest BCUT2D eigenvalue weighted by Crippen LogP contribution is 2.22. The van der Waals surface area contributed by atoms with E-state index >= 15 is 0 Å². The van der Waals surface area contributed by atoms with Crippen LogP contribution >= 0.6 is 0 Å². The maximum atomic E-state index is 13.2. The lowest BCUT2D eigenvalue weighted by Gasteiger charge is -2.34. The second-order valence-corrected chi connectivity index (χ2v) is 7.92. The number of hydrogen-bond acceptors (Lipinski definition) is 6. The topological polar surface area (TPSA) is 96.3 Å². The summed E-state index contributed by atoms with van der Waals surface area (Å²) in [5.41, 5.74) is 1.71. The molecule has 2 aromatic heterocycles. The van der Waals surface area contributed by atoms with Crippen LogP contribution in [0.3, 0.4) is 0 Å². The molecular weight excluding hydrogens is 420 g/mol. The third-order valence-electron chi connectivity index (χ3n) is 5.82. The van der Waals surface area contributed by atoms with Crippen molar-refractivity contribution in [1.82, 2.24) is 29.5 Å². The molecule has 1 N–H and O–H groups in total. The molecule has 168 valence electrons. The summed E-state index contributed by atoms with van der Waals surface area (Å²) in [4.78, 5) is 36.9. The molecule has 9 nitrogen and oxygen atoms in total. The molecular formula is C24H24N6O3. The van der Waals surface area contributed by atoms with Crippen molar-refractivity contribution >= 4 is 16.8 Å². The molecule has 0 aliphatic carbocycles. The third-order valence-corrected chi connectivity index (χ3v) is 5.82. The molecule has 1 fully saturated rings. The number of nitrogens with one attached hydrogen (secondary N) is 1. The summed E-state index contributed by atoms with van der Waals surface area (Å²) < 4.78 is 7.08. The molecule has 5 rings (SSSR count). The van der Waals surface area contributed by atoms with Crippen LogP contribution in [0.4, 0.5) is 0 Å². The van der Waals surface area contributed by atoms with Gasteiger partial charge in [0, 0.05) is 26.2 Å². The molecule has 1 amide bonds. The van der Waals surface area contributed by atoms with E-state index in [-0.39, 0.29) is 11.5 Å². The number of hydrogen-bond donors (Lipinski definition) is 1. The van der Waals surface area contributed by atoms with Gasteiger partial charge in [-0.25, -0.2) is 9.67 Å². The fourth-order valence-electron chi connectivity index (χ4n) is 4.05. The van der Waals surface area contributed by atoms with Gasteiger partial charge in [0.05, 0.1) is 36.4 Å². The number of rotatable bonds is 5. The minimum absolute atomic E-state index is 0.134. The first-order chi connectivity index (χ1) is 16.1. The lowest BCUT2D eigenvalue weighted by Crippen LogP contribution is -2.48. The Morgan fingerprint density at radius 3 is 2.52 bits per heavy atom. The van der Waals surface area contributed by atoms with E-state index in [2.05, 4.69) is 20.0 Å². The third kappa shape index (κ3) is 4.22. The van der Waals surface area contributed by atoms with Crippen LogP contribution in [-0.4, -0.2) is 68.7 Å². The van der Waals surface area contributed by atoms with Gasteiger partial charge in [0.1, 0.15) is 5.82 Å². The summed E-state index contributed by atoms with van der Waals surface area (Å²) in [5.74, 6) is 0.921. The molecule has 3 heterocycles. The summed E-state index contributed by atoms with van der Waals surface area (Å²) in [7, 11) is 1.54. The normalized spacial score (nSPS) is 14.5. The lowest BCUT2D eigenvalue weighted by atomic mass is 10.2. The maximum Gasteiger partial charge on any atom is 0.278 e. The van der Waals surface area contributed by atoms with Crippen molar-refractivity contribution in [3.63, 3.8) is 0 Å². The lowest BCUT2D eigenvalue weighted by molar-refractivity contribution is 0.0616. The Labute approximate surface area is 190 Å². The van der Waals surface area contributed by atoms with Gasteiger partial charge in [-0.2, -0.15) is 5.10 Å². The van der Waals surface area contributed by atoms with E-state index in [1.807, 2.05) is 48.5 Å². The summed E-state index contributed by atoms with van der Waals surface area (Å²) in [6.45, 7) is 2.97. The van der Waals surface area contributed by atoms with Crippen LogP contribution < -0.4 is 10.3 Å². The predicted molar refractivity (Wildman–Crippen MR) is 124 cm³/mol. The second kappa shape index (κ2) is 8.87. The van der Waals surface area contributed by atoms with E-state index < -0.39 is 0 Å². The van der Waals surface area contributed by atoms with Gasteiger partial charge in [-0.05, 0) is 24.3 Å². The first-order valence-corrected chi connectivity index (χ1v) is 10.8. The fraction of sp³-hybridized carbons (Fsp3) is 0.250. The molecule has 0 unspecified atom stereocenters. The van der Waals surface area contributed by atoms with E-state index in [4.69, 9.17) is 4.74 Å². The average Bonchev–Trinajstić information content (AvgIpc) is 3.29. The number of aromatic nitrogens is 4. The van der Waals surface area contributed by atoms with Crippen LogP contribution in [-0.2, 0) is 6.54 Å². The number of para-hydroxylation sites is 2. The van der Waals surface area contributed by atoms with Crippen molar-refractivity contribution in [2.75, 3.05) is 33.3 Å². The standard InChI is InChI=1S/C24H24N6O3/c1-33-20-15-30(17-7-3-2-4-8-17)27-22(20)24(32)29-13-11-28(12-14-29)16-21-25-19-10-6-5-9-18(19)23(31)26-21/h2-10,15H,11-14,16H2,1H3,(H,25,26,31). The molecule has 1 saturated heterocycles. The molecule has 0 radical (unpaired) electrons. The van der Waals surface area contributed by atoms with E-state index in [1.165, 1.54) is 0 Å². The smallest absolute Gasteiger partial charge is 0.278 e. The van der Waals surface area contributed by atoms with Gasteiger partial charge in [-0.15, -0.1) is 0 Å². The number of nitrogens with zero attached hydrogens (tertiary/aromatic N) is 5. The Bertz CT molecular complexity index is 1340.